The second-order valence-electron chi connectivity index (χ2n) is 7.30. The highest BCUT2D eigenvalue weighted by Gasteiger charge is 2.22. The van der Waals surface area contributed by atoms with Gasteiger partial charge in [0.15, 0.2) is 6.61 Å². The molecule has 0 aromatic heterocycles. The number of rotatable bonds is 9. The summed E-state index contributed by atoms with van der Waals surface area (Å²) in [5.41, 5.74) is 0. The van der Waals surface area contributed by atoms with E-state index in [2.05, 4.69) is 10.2 Å². The van der Waals surface area contributed by atoms with E-state index in [1.54, 1.807) is 48.5 Å². The second-order valence-corrected chi connectivity index (χ2v) is 8.18. The predicted molar refractivity (Wildman–Crippen MR) is 118 cm³/mol. The Bertz CT molecular complexity index is 794. The van der Waals surface area contributed by atoms with E-state index in [0.717, 1.165) is 25.9 Å². The van der Waals surface area contributed by atoms with Crippen molar-refractivity contribution in [2.45, 2.75) is 25.0 Å². The third kappa shape index (κ3) is 7.69. The van der Waals surface area contributed by atoms with Crippen molar-refractivity contribution in [1.29, 1.82) is 0 Å². The quantitative estimate of drug-likeness (QED) is 0.609. The maximum Gasteiger partial charge on any atom is 0.258 e. The summed E-state index contributed by atoms with van der Waals surface area (Å²) in [4.78, 5) is 14.3. The van der Waals surface area contributed by atoms with Gasteiger partial charge in [0.1, 0.15) is 24.2 Å². The van der Waals surface area contributed by atoms with E-state index in [-0.39, 0.29) is 25.2 Å². The predicted octanol–water partition coefficient (Wildman–Crippen LogP) is 3.39. The molecule has 6 nitrogen and oxygen atoms in total. The van der Waals surface area contributed by atoms with Gasteiger partial charge < -0.3 is 24.8 Å². The van der Waals surface area contributed by atoms with Gasteiger partial charge in [-0.05, 0) is 61.4 Å². The highest BCUT2D eigenvalue weighted by atomic mass is 35.5. The molecule has 3 rings (SSSR count). The summed E-state index contributed by atoms with van der Waals surface area (Å²) in [6, 6.07) is 14.1. The molecular weight excluding hydrogens is 427 g/mol. The van der Waals surface area contributed by atoms with Crippen LogP contribution in [-0.4, -0.2) is 60.9 Å². The number of ether oxygens (including phenoxy) is 2. The first-order valence-electron chi connectivity index (χ1n) is 9.94. The first-order valence-corrected chi connectivity index (χ1v) is 10.7. The number of carbonyl (C=O) groups is 1. The monoisotopic (exact) mass is 452 g/mol. The number of nitrogens with one attached hydrogen (secondary N) is 1. The zero-order valence-electron chi connectivity index (χ0n) is 16.6. The maximum atomic E-state index is 12.1. The fraction of sp³-hybridized carbons (Fsp3) is 0.409. The Morgan fingerprint density at radius 3 is 2.10 bits per heavy atom. The molecule has 1 fully saturated rings. The highest BCUT2D eigenvalue weighted by molar-refractivity contribution is 6.30. The molecule has 0 aliphatic carbocycles. The summed E-state index contributed by atoms with van der Waals surface area (Å²) in [6.07, 6.45) is 1.08. The molecule has 162 valence electrons. The van der Waals surface area contributed by atoms with Gasteiger partial charge >= 0.3 is 0 Å². The summed E-state index contributed by atoms with van der Waals surface area (Å²) in [6.45, 7) is 2.35. The van der Waals surface area contributed by atoms with Gasteiger partial charge in [-0.2, -0.15) is 0 Å². The van der Waals surface area contributed by atoms with Crippen LogP contribution in [0.1, 0.15) is 12.8 Å². The third-order valence-corrected chi connectivity index (χ3v) is 5.37. The summed E-state index contributed by atoms with van der Waals surface area (Å²) in [5, 5.41) is 14.5. The number of amides is 1. The van der Waals surface area contributed by atoms with Crippen LogP contribution in [0.2, 0.25) is 10.0 Å². The van der Waals surface area contributed by atoms with E-state index >= 15 is 0 Å². The lowest BCUT2D eigenvalue weighted by Gasteiger charge is -2.33. The molecule has 2 aromatic rings. The molecule has 0 bridgehead atoms. The molecule has 30 heavy (non-hydrogen) atoms. The van der Waals surface area contributed by atoms with E-state index in [1.165, 1.54) is 0 Å². The summed E-state index contributed by atoms with van der Waals surface area (Å²) < 4.78 is 11.1. The molecule has 1 amide bonds. The molecule has 0 saturated carbocycles. The number of nitrogens with zero attached hydrogens (tertiary/aromatic N) is 1. The lowest BCUT2D eigenvalue weighted by molar-refractivity contribution is -0.124. The number of benzene rings is 2. The maximum absolute atomic E-state index is 12.1. The molecule has 0 spiro atoms. The zero-order valence-corrected chi connectivity index (χ0v) is 18.1. The van der Waals surface area contributed by atoms with Gasteiger partial charge in [-0.25, -0.2) is 0 Å². The van der Waals surface area contributed by atoms with Crippen LogP contribution in [0.15, 0.2) is 48.5 Å². The SMILES string of the molecule is O=C(COc1ccc(Cl)cc1)NC1CCN(C[C@H](O)COc2ccc(Cl)cc2)CC1. The van der Waals surface area contributed by atoms with Crippen molar-refractivity contribution in [3.8, 4) is 11.5 Å². The van der Waals surface area contributed by atoms with Crippen molar-refractivity contribution in [3.63, 3.8) is 0 Å². The van der Waals surface area contributed by atoms with Gasteiger partial charge in [-0.3, -0.25) is 4.79 Å². The van der Waals surface area contributed by atoms with E-state index in [0.29, 0.717) is 28.1 Å². The molecule has 0 unspecified atom stereocenters. The zero-order chi connectivity index (χ0) is 21.3. The van der Waals surface area contributed by atoms with Crippen LogP contribution in [0.3, 0.4) is 0 Å². The fourth-order valence-corrected chi connectivity index (χ4v) is 3.53. The van der Waals surface area contributed by atoms with Crippen molar-refractivity contribution in [2.24, 2.45) is 0 Å². The highest BCUT2D eigenvalue weighted by Crippen LogP contribution is 2.17. The van der Waals surface area contributed by atoms with Gasteiger partial charge in [0.2, 0.25) is 0 Å². The first kappa shape index (κ1) is 22.7. The molecule has 1 atom stereocenters. The number of piperidine rings is 1. The van der Waals surface area contributed by atoms with Crippen molar-refractivity contribution < 1.29 is 19.4 Å². The minimum Gasteiger partial charge on any atom is -0.491 e. The number of hydrogen-bond donors (Lipinski definition) is 2. The molecule has 1 saturated heterocycles. The van der Waals surface area contributed by atoms with Gasteiger partial charge in [-0.15, -0.1) is 0 Å². The molecule has 2 N–H and O–H groups in total. The Morgan fingerprint density at radius 2 is 1.53 bits per heavy atom. The molecule has 8 heteroatoms. The number of β-amino-alcohol motifs (C(OH)–C–C–N with tert-alkyl or cyclic N) is 1. The minimum atomic E-state index is -0.584. The number of carbonyl (C=O) groups excluding carboxylic acids is 1. The van der Waals surface area contributed by atoms with Crippen LogP contribution in [0.4, 0.5) is 0 Å². The topological polar surface area (TPSA) is 71.0 Å². The normalized spacial score (nSPS) is 16.1. The molecule has 1 heterocycles. The van der Waals surface area contributed by atoms with Crippen LogP contribution in [-0.2, 0) is 4.79 Å². The Balaban J connectivity index is 1.30. The Kier molecular flexibility index (Phi) is 8.63. The smallest absolute Gasteiger partial charge is 0.258 e. The number of aliphatic hydroxyl groups excluding tert-OH is 1. The summed E-state index contributed by atoms with van der Waals surface area (Å²) >= 11 is 11.7. The first-order chi connectivity index (χ1) is 14.5. The molecule has 1 aliphatic rings. The van der Waals surface area contributed by atoms with Crippen LogP contribution >= 0.6 is 23.2 Å². The molecule has 2 aromatic carbocycles. The van der Waals surface area contributed by atoms with E-state index in [9.17, 15) is 9.90 Å². The molecular formula is C22H26Cl2N2O4. The van der Waals surface area contributed by atoms with Gasteiger partial charge in [0.25, 0.3) is 5.91 Å². The van der Waals surface area contributed by atoms with Crippen LogP contribution < -0.4 is 14.8 Å². The van der Waals surface area contributed by atoms with E-state index in [4.69, 9.17) is 32.7 Å². The number of hydrogen-bond acceptors (Lipinski definition) is 5. The van der Waals surface area contributed by atoms with Crippen molar-refractivity contribution in [1.82, 2.24) is 10.2 Å². The summed E-state index contributed by atoms with van der Waals surface area (Å²) in [5.74, 6) is 1.15. The van der Waals surface area contributed by atoms with E-state index in [1.807, 2.05) is 0 Å². The summed E-state index contributed by atoms with van der Waals surface area (Å²) in [7, 11) is 0. The van der Waals surface area contributed by atoms with Crippen LogP contribution in [0, 0.1) is 0 Å². The fourth-order valence-electron chi connectivity index (χ4n) is 3.28. The Morgan fingerprint density at radius 1 is 1.00 bits per heavy atom. The Hall–Kier alpha value is -1.99. The van der Waals surface area contributed by atoms with Crippen molar-refractivity contribution in [3.05, 3.63) is 58.6 Å². The Labute approximate surface area is 186 Å². The largest absolute Gasteiger partial charge is 0.491 e. The van der Waals surface area contributed by atoms with Gasteiger partial charge in [0, 0.05) is 35.7 Å². The second kappa shape index (κ2) is 11.4. The lowest BCUT2D eigenvalue weighted by atomic mass is 10.0. The lowest BCUT2D eigenvalue weighted by Crippen LogP contribution is -2.48. The third-order valence-electron chi connectivity index (χ3n) is 4.86. The number of likely N-dealkylation sites (tertiary alicyclic amines) is 1. The van der Waals surface area contributed by atoms with Gasteiger partial charge in [0.05, 0.1) is 0 Å². The standard InChI is InChI=1S/C22H26Cl2N2O4/c23-16-1-5-20(6-2-16)29-14-19(27)13-26-11-9-18(10-12-26)25-22(28)15-30-21-7-3-17(24)4-8-21/h1-8,18-19,27H,9-15H2,(H,25,28)/t19-/m0/s1. The molecule has 1 aliphatic heterocycles. The van der Waals surface area contributed by atoms with Crippen molar-refractivity contribution >= 4 is 29.1 Å². The molecule has 0 radical (unpaired) electrons. The average Bonchev–Trinajstić information content (AvgIpc) is 2.74. The van der Waals surface area contributed by atoms with E-state index < -0.39 is 6.10 Å². The number of halogens is 2. The van der Waals surface area contributed by atoms with Crippen LogP contribution in [0.5, 0.6) is 11.5 Å². The number of aliphatic hydroxyl groups is 1. The van der Waals surface area contributed by atoms with Crippen LogP contribution in [0.25, 0.3) is 0 Å². The van der Waals surface area contributed by atoms with Gasteiger partial charge in [-0.1, -0.05) is 23.2 Å². The van der Waals surface area contributed by atoms with Crippen molar-refractivity contribution in [2.75, 3.05) is 32.8 Å². The minimum absolute atomic E-state index is 0.0252. The average molecular weight is 453 g/mol.